The SMILES string of the molecule is CCCn1nc(C(=O)N(C)C(C)(C)CO)ccc1=O. The first-order valence-electron chi connectivity index (χ1n) is 6.30. The largest absolute Gasteiger partial charge is 0.394 e. The van der Waals surface area contributed by atoms with Crippen LogP contribution in [0.4, 0.5) is 0 Å². The van der Waals surface area contributed by atoms with Gasteiger partial charge in [0, 0.05) is 19.7 Å². The molecule has 1 amide bonds. The molecule has 106 valence electrons. The molecule has 0 radical (unpaired) electrons. The van der Waals surface area contributed by atoms with E-state index >= 15 is 0 Å². The lowest BCUT2D eigenvalue weighted by atomic mass is 10.0. The Morgan fingerprint density at radius 2 is 2.11 bits per heavy atom. The van der Waals surface area contributed by atoms with E-state index in [1.54, 1.807) is 20.9 Å². The molecule has 1 aromatic rings. The summed E-state index contributed by atoms with van der Waals surface area (Å²) in [7, 11) is 1.61. The lowest BCUT2D eigenvalue weighted by Gasteiger charge is -2.33. The van der Waals surface area contributed by atoms with E-state index in [0.717, 1.165) is 6.42 Å². The molecule has 1 aromatic heterocycles. The van der Waals surface area contributed by atoms with E-state index in [1.807, 2.05) is 6.92 Å². The Kier molecular flexibility index (Phi) is 4.83. The molecule has 0 aliphatic carbocycles. The number of carbonyl (C=O) groups excluding carboxylic acids is 1. The van der Waals surface area contributed by atoms with Crippen molar-refractivity contribution in [3.8, 4) is 0 Å². The Hall–Kier alpha value is -1.69. The van der Waals surface area contributed by atoms with E-state index in [2.05, 4.69) is 5.10 Å². The van der Waals surface area contributed by atoms with Crippen molar-refractivity contribution in [2.45, 2.75) is 39.3 Å². The Labute approximate surface area is 112 Å². The zero-order valence-corrected chi connectivity index (χ0v) is 11.9. The molecule has 1 N–H and O–H groups in total. The number of carbonyl (C=O) groups is 1. The molecule has 19 heavy (non-hydrogen) atoms. The number of aryl methyl sites for hydroxylation is 1. The zero-order valence-electron chi connectivity index (χ0n) is 11.9. The van der Waals surface area contributed by atoms with Crippen LogP contribution < -0.4 is 5.56 Å². The van der Waals surface area contributed by atoms with Gasteiger partial charge in [-0.25, -0.2) is 4.68 Å². The zero-order chi connectivity index (χ0) is 14.6. The van der Waals surface area contributed by atoms with Crippen molar-refractivity contribution in [3.05, 3.63) is 28.2 Å². The highest BCUT2D eigenvalue weighted by Crippen LogP contribution is 2.13. The van der Waals surface area contributed by atoms with Crippen molar-refractivity contribution in [2.24, 2.45) is 0 Å². The van der Waals surface area contributed by atoms with Gasteiger partial charge in [0.25, 0.3) is 11.5 Å². The van der Waals surface area contributed by atoms with Crippen LogP contribution >= 0.6 is 0 Å². The summed E-state index contributed by atoms with van der Waals surface area (Å²) in [4.78, 5) is 25.2. The Balaban J connectivity index is 3.07. The van der Waals surface area contributed by atoms with Gasteiger partial charge >= 0.3 is 0 Å². The predicted molar refractivity (Wildman–Crippen MR) is 72.0 cm³/mol. The van der Waals surface area contributed by atoms with Gasteiger partial charge in [-0.2, -0.15) is 5.10 Å². The van der Waals surface area contributed by atoms with Gasteiger partial charge in [-0.15, -0.1) is 0 Å². The summed E-state index contributed by atoms with van der Waals surface area (Å²) < 4.78 is 1.28. The van der Waals surface area contributed by atoms with Gasteiger partial charge < -0.3 is 10.0 Å². The fourth-order valence-corrected chi connectivity index (χ4v) is 1.49. The van der Waals surface area contributed by atoms with Gasteiger partial charge in [-0.05, 0) is 26.3 Å². The van der Waals surface area contributed by atoms with Crippen LogP contribution in [-0.4, -0.2) is 44.9 Å². The lowest BCUT2D eigenvalue weighted by molar-refractivity contribution is 0.0465. The van der Waals surface area contributed by atoms with Gasteiger partial charge in [0.05, 0.1) is 12.1 Å². The number of amides is 1. The highest BCUT2D eigenvalue weighted by Gasteiger charge is 2.28. The predicted octanol–water partition coefficient (Wildman–Crippen LogP) is 0.496. The third kappa shape index (κ3) is 3.41. The van der Waals surface area contributed by atoms with Crippen molar-refractivity contribution in [1.82, 2.24) is 14.7 Å². The van der Waals surface area contributed by atoms with Gasteiger partial charge in [-0.1, -0.05) is 6.92 Å². The van der Waals surface area contributed by atoms with Crippen molar-refractivity contribution in [3.63, 3.8) is 0 Å². The molecule has 0 aromatic carbocycles. The molecule has 1 heterocycles. The number of aliphatic hydroxyl groups is 1. The van der Waals surface area contributed by atoms with Gasteiger partial charge in [0.2, 0.25) is 0 Å². The van der Waals surface area contributed by atoms with Gasteiger partial charge in [-0.3, -0.25) is 9.59 Å². The highest BCUT2D eigenvalue weighted by molar-refractivity contribution is 5.92. The highest BCUT2D eigenvalue weighted by atomic mass is 16.3. The molecular weight excluding hydrogens is 246 g/mol. The Morgan fingerprint density at radius 1 is 1.47 bits per heavy atom. The van der Waals surface area contributed by atoms with Crippen LogP contribution in [-0.2, 0) is 6.54 Å². The van der Waals surface area contributed by atoms with Crippen molar-refractivity contribution in [2.75, 3.05) is 13.7 Å². The van der Waals surface area contributed by atoms with Gasteiger partial charge in [0.15, 0.2) is 0 Å². The quantitative estimate of drug-likeness (QED) is 0.842. The van der Waals surface area contributed by atoms with E-state index in [0.29, 0.717) is 6.54 Å². The first-order chi connectivity index (χ1) is 8.83. The van der Waals surface area contributed by atoms with Crippen LogP contribution in [0, 0.1) is 0 Å². The average Bonchev–Trinajstić information content (AvgIpc) is 2.39. The minimum Gasteiger partial charge on any atom is -0.394 e. The number of nitrogens with zero attached hydrogens (tertiary/aromatic N) is 3. The minimum atomic E-state index is -0.676. The van der Waals surface area contributed by atoms with Crippen molar-refractivity contribution in [1.29, 1.82) is 0 Å². The molecule has 0 atom stereocenters. The van der Waals surface area contributed by atoms with Crippen LogP contribution in [0.15, 0.2) is 16.9 Å². The smallest absolute Gasteiger partial charge is 0.274 e. The topological polar surface area (TPSA) is 75.4 Å². The molecular formula is C13H21N3O3. The molecule has 0 unspecified atom stereocenters. The number of aliphatic hydroxyl groups excluding tert-OH is 1. The van der Waals surface area contributed by atoms with Crippen LogP contribution in [0.5, 0.6) is 0 Å². The van der Waals surface area contributed by atoms with Crippen LogP contribution in [0.2, 0.25) is 0 Å². The molecule has 6 heteroatoms. The molecule has 0 saturated heterocycles. The van der Waals surface area contributed by atoms with Crippen LogP contribution in [0.1, 0.15) is 37.7 Å². The molecule has 6 nitrogen and oxygen atoms in total. The number of rotatable bonds is 5. The molecule has 0 bridgehead atoms. The van der Waals surface area contributed by atoms with Crippen LogP contribution in [0.3, 0.4) is 0 Å². The molecule has 0 aliphatic rings. The summed E-state index contributed by atoms with van der Waals surface area (Å²) in [6.45, 7) is 5.78. The molecule has 0 fully saturated rings. The summed E-state index contributed by atoms with van der Waals surface area (Å²) in [5, 5.41) is 13.3. The van der Waals surface area contributed by atoms with E-state index in [1.165, 1.54) is 21.7 Å². The first-order valence-corrected chi connectivity index (χ1v) is 6.30. The van der Waals surface area contributed by atoms with Crippen molar-refractivity contribution >= 4 is 5.91 Å². The van der Waals surface area contributed by atoms with E-state index in [9.17, 15) is 14.7 Å². The second-order valence-corrected chi connectivity index (χ2v) is 5.11. The maximum absolute atomic E-state index is 12.3. The average molecular weight is 267 g/mol. The Bertz CT molecular complexity index is 508. The van der Waals surface area contributed by atoms with Gasteiger partial charge in [0.1, 0.15) is 5.69 Å². The summed E-state index contributed by atoms with van der Waals surface area (Å²) >= 11 is 0. The number of hydrogen-bond donors (Lipinski definition) is 1. The summed E-state index contributed by atoms with van der Waals surface area (Å²) in [5.74, 6) is -0.316. The monoisotopic (exact) mass is 267 g/mol. The molecule has 1 rings (SSSR count). The maximum Gasteiger partial charge on any atom is 0.274 e. The Morgan fingerprint density at radius 3 is 2.63 bits per heavy atom. The number of likely N-dealkylation sites (N-methyl/N-ethyl adjacent to an activating group) is 1. The van der Waals surface area contributed by atoms with E-state index in [4.69, 9.17) is 0 Å². The first kappa shape index (κ1) is 15.4. The van der Waals surface area contributed by atoms with E-state index in [-0.39, 0.29) is 23.8 Å². The number of hydrogen-bond acceptors (Lipinski definition) is 4. The number of aromatic nitrogens is 2. The van der Waals surface area contributed by atoms with Crippen LogP contribution in [0.25, 0.3) is 0 Å². The minimum absolute atomic E-state index is 0.149. The fourth-order valence-electron chi connectivity index (χ4n) is 1.49. The third-order valence-electron chi connectivity index (χ3n) is 3.12. The second kappa shape index (κ2) is 5.97. The molecule has 0 aliphatic heterocycles. The fraction of sp³-hybridized carbons (Fsp3) is 0.615. The molecule has 0 spiro atoms. The second-order valence-electron chi connectivity index (χ2n) is 5.11. The van der Waals surface area contributed by atoms with E-state index < -0.39 is 5.54 Å². The standard InChI is InChI=1S/C13H21N3O3/c1-5-8-16-11(18)7-6-10(14-16)12(19)15(4)13(2,3)9-17/h6-7,17H,5,8-9H2,1-4H3. The maximum atomic E-state index is 12.3. The lowest BCUT2D eigenvalue weighted by Crippen LogP contribution is -2.48. The summed E-state index contributed by atoms with van der Waals surface area (Å²) in [6, 6.07) is 2.76. The summed E-state index contributed by atoms with van der Waals surface area (Å²) in [5.41, 5.74) is -0.690. The third-order valence-corrected chi connectivity index (χ3v) is 3.12. The van der Waals surface area contributed by atoms with Crippen molar-refractivity contribution < 1.29 is 9.90 Å². The summed E-state index contributed by atoms with van der Waals surface area (Å²) in [6.07, 6.45) is 0.766. The molecule has 0 saturated carbocycles. The normalized spacial score (nSPS) is 11.4.